The zero-order chi connectivity index (χ0) is 32.6. The van der Waals surface area contributed by atoms with Gasteiger partial charge >= 0.3 is 18.0 Å². The van der Waals surface area contributed by atoms with Gasteiger partial charge in [-0.1, -0.05) is 11.6 Å². The van der Waals surface area contributed by atoms with Gasteiger partial charge in [0.2, 0.25) is 0 Å². The molecule has 10 nitrogen and oxygen atoms in total. The molecule has 1 N–H and O–H groups in total. The summed E-state index contributed by atoms with van der Waals surface area (Å²) in [4.78, 5) is 45.0. The van der Waals surface area contributed by atoms with Crippen LogP contribution in [0.5, 0.6) is 0 Å². The van der Waals surface area contributed by atoms with Crippen LogP contribution in [0.25, 0.3) is 10.9 Å². The Bertz CT molecular complexity index is 1780. The van der Waals surface area contributed by atoms with Crippen LogP contribution in [-0.4, -0.2) is 63.0 Å². The molecular formula is C29H32ClF3N5O5S+. The fourth-order valence-electron chi connectivity index (χ4n) is 4.95. The van der Waals surface area contributed by atoms with Crippen molar-refractivity contribution < 1.29 is 26.9 Å². The van der Waals surface area contributed by atoms with Gasteiger partial charge in [-0.2, -0.15) is 18.4 Å². The molecule has 236 valence electrons. The molecule has 44 heavy (non-hydrogen) atoms. The molecule has 3 aromatic rings. The largest absolute Gasteiger partial charge is 0.444 e. The van der Waals surface area contributed by atoms with E-state index in [2.05, 4.69) is 4.98 Å². The number of rotatable bonds is 6. The summed E-state index contributed by atoms with van der Waals surface area (Å²) in [6.45, 7) is 7.17. The maximum absolute atomic E-state index is 14.4. The predicted molar refractivity (Wildman–Crippen MR) is 160 cm³/mol. The lowest BCUT2D eigenvalue weighted by molar-refractivity contribution is -0.138. The second-order valence-corrected chi connectivity index (χ2v) is 13.6. The van der Waals surface area contributed by atoms with Crippen molar-refractivity contribution in [2.45, 2.75) is 57.5 Å². The number of carbonyl (C=O) groups is 1. The number of nitriles is 1. The average molecular weight is 655 g/mol. The van der Waals surface area contributed by atoms with Crippen LogP contribution in [0.4, 0.5) is 18.0 Å². The number of aromatic nitrogens is 2. The highest BCUT2D eigenvalue weighted by Crippen LogP contribution is 2.38. The van der Waals surface area contributed by atoms with Crippen molar-refractivity contribution in [3.63, 3.8) is 0 Å². The number of benzene rings is 2. The Labute approximate surface area is 258 Å². The Morgan fingerprint density at radius 2 is 1.77 bits per heavy atom. The van der Waals surface area contributed by atoms with Gasteiger partial charge in [-0.3, -0.25) is 14.3 Å². The fourth-order valence-corrected chi connectivity index (χ4v) is 6.30. The van der Waals surface area contributed by atoms with E-state index in [1.165, 1.54) is 23.1 Å². The molecule has 15 heteroatoms. The van der Waals surface area contributed by atoms with Crippen LogP contribution in [-0.2, 0) is 39.0 Å². The van der Waals surface area contributed by atoms with E-state index >= 15 is 0 Å². The van der Waals surface area contributed by atoms with E-state index in [0.717, 1.165) is 0 Å². The van der Waals surface area contributed by atoms with Crippen LogP contribution >= 0.6 is 11.6 Å². The van der Waals surface area contributed by atoms with Crippen molar-refractivity contribution in [1.82, 2.24) is 19.4 Å². The molecule has 1 atom stereocenters. The minimum absolute atomic E-state index is 0.201. The van der Waals surface area contributed by atoms with E-state index in [1.807, 2.05) is 6.07 Å². The van der Waals surface area contributed by atoms with E-state index in [4.69, 9.17) is 16.3 Å². The summed E-state index contributed by atoms with van der Waals surface area (Å²) in [7, 11) is -1.90. The summed E-state index contributed by atoms with van der Waals surface area (Å²) < 4.78 is 61.8. The molecule has 1 saturated heterocycles. The zero-order valence-electron chi connectivity index (χ0n) is 24.5. The molecule has 2 aromatic carbocycles. The number of halogens is 4. The lowest BCUT2D eigenvalue weighted by Gasteiger charge is -2.36. The van der Waals surface area contributed by atoms with Crippen molar-refractivity contribution in [2.24, 2.45) is 0 Å². The van der Waals surface area contributed by atoms with Crippen LogP contribution in [0.15, 0.2) is 38.8 Å². The molecule has 0 aliphatic carbocycles. The Balaban J connectivity index is 1.73. The number of nitrogens with zero attached hydrogens (tertiary/aromatic N) is 4. The Morgan fingerprint density at radius 3 is 2.34 bits per heavy atom. The summed E-state index contributed by atoms with van der Waals surface area (Å²) in [5.74, 6) is 0.264. The molecule has 1 aromatic heterocycles. The number of alkyl halides is 3. The standard InChI is InChI=1S/C29H31ClF3N5O5S/c1-5-44(42)22-7-6-17(14-34)12-18(22)15-38-25(39)19-13-21(29(31,32)33)20(23(30)24(19)35-26(38)40)16-36-8-10-37(11-9-36)27(41)43-28(2,3)4/h6-7,12-13H,5,8-11,15-16H2,1-4H3,(H,35,40)/p+1. The number of hydrogen-bond acceptors (Lipinski definition) is 7. The molecule has 0 radical (unpaired) electrons. The summed E-state index contributed by atoms with van der Waals surface area (Å²) >= 11 is 6.50. The van der Waals surface area contributed by atoms with Crippen molar-refractivity contribution in [3.05, 3.63) is 72.4 Å². The SMILES string of the molecule is CC[SH+](=O)c1ccc(C#N)cc1Cn1c(=O)[nH]c2c(Cl)c(CN3CCN(C(=O)OC(C)(C)C)CC3)c(C(F)(F)F)cc2c1=O. The van der Waals surface area contributed by atoms with Gasteiger partial charge in [0.05, 0.1) is 39.7 Å². The van der Waals surface area contributed by atoms with Gasteiger partial charge in [-0.05, 0) is 57.5 Å². The minimum atomic E-state index is -4.88. The zero-order valence-corrected chi connectivity index (χ0v) is 26.2. The highest BCUT2D eigenvalue weighted by Gasteiger charge is 2.37. The quantitative estimate of drug-likeness (QED) is 0.308. The van der Waals surface area contributed by atoms with E-state index in [9.17, 15) is 37.0 Å². The van der Waals surface area contributed by atoms with Gasteiger partial charge in [0.1, 0.15) is 22.2 Å². The second-order valence-electron chi connectivity index (χ2n) is 11.4. The molecule has 1 aliphatic heterocycles. The van der Waals surface area contributed by atoms with Gasteiger partial charge in [0.25, 0.3) is 5.56 Å². The molecule has 0 spiro atoms. The molecule has 2 heterocycles. The fraction of sp³-hybridized carbons (Fsp3) is 0.448. The highest BCUT2D eigenvalue weighted by atomic mass is 35.5. The summed E-state index contributed by atoms with van der Waals surface area (Å²) in [5, 5.41) is 8.46. The third kappa shape index (κ3) is 7.17. The Hall–Kier alpha value is -3.67. The normalized spacial score (nSPS) is 15.3. The first-order chi connectivity index (χ1) is 20.5. The number of ether oxygens (including phenoxy) is 1. The molecule has 0 saturated carbocycles. The van der Waals surface area contributed by atoms with E-state index in [1.54, 1.807) is 32.6 Å². The number of amides is 1. The summed E-state index contributed by atoms with van der Waals surface area (Å²) in [6, 6.07) is 6.97. The van der Waals surface area contributed by atoms with Crippen molar-refractivity contribution in [3.8, 4) is 6.07 Å². The predicted octanol–water partition coefficient (Wildman–Crippen LogP) is 4.41. The smallest absolute Gasteiger partial charge is 0.416 e. The van der Waals surface area contributed by atoms with Crippen molar-refractivity contribution in [1.29, 1.82) is 5.26 Å². The van der Waals surface area contributed by atoms with Crippen LogP contribution in [0.3, 0.4) is 0 Å². The number of aromatic amines is 1. The lowest BCUT2D eigenvalue weighted by atomic mass is 10.0. The first-order valence-corrected chi connectivity index (χ1v) is 15.6. The number of carbonyl (C=O) groups excluding carboxylic acids is 1. The molecule has 1 aliphatic rings. The topological polar surface area (TPSA) is 128 Å². The number of thiol groups is 1. The number of H-pyrrole nitrogens is 1. The third-order valence-corrected chi connectivity index (χ3v) is 9.09. The summed E-state index contributed by atoms with van der Waals surface area (Å²) in [5.41, 5.74) is -3.85. The molecule has 1 unspecified atom stereocenters. The number of fused-ring (bicyclic) bond motifs is 1. The summed E-state index contributed by atoms with van der Waals surface area (Å²) in [6.07, 6.45) is -5.40. The van der Waals surface area contributed by atoms with E-state index in [-0.39, 0.29) is 60.7 Å². The molecule has 1 fully saturated rings. The molecule has 1 amide bonds. The van der Waals surface area contributed by atoms with Gasteiger partial charge in [0.15, 0.2) is 4.90 Å². The Kier molecular flexibility index (Phi) is 9.63. The molecule has 0 bridgehead atoms. The van der Waals surface area contributed by atoms with Crippen LogP contribution in [0.2, 0.25) is 5.02 Å². The monoisotopic (exact) mass is 654 g/mol. The van der Waals surface area contributed by atoms with Crippen LogP contribution in [0.1, 0.15) is 49.9 Å². The average Bonchev–Trinajstić information content (AvgIpc) is 2.95. The minimum Gasteiger partial charge on any atom is -0.444 e. The third-order valence-electron chi connectivity index (χ3n) is 7.12. The second kappa shape index (κ2) is 12.7. The first-order valence-electron chi connectivity index (χ1n) is 13.8. The van der Waals surface area contributed by atoms with Crippen molar-refractivity contribution >= 4 is 39.4 Å². The number of hydrogen-bond donors (Lipinski definition) is 1. The first kappa shape index (κ1) is 33.2. The maximum Gasteiger partial charge on any atom is 0.416 e. The number of piperazine rings is 1. The number of nitrogens with one attached hydrogen (secondary N) is 1. The molecular weight excluding hydrogens is 623 g/mol. The van der Waals surface area contributed by atoms with Gasteiger partial charge in [-0.25, -0.2) is 9.59 Å². The van der Waals surface area contributed by atoms with Crippen molar-refractivity contribution in [2.75, 3.05) is 31.9 Å². The van der Waals surface area contributed by atoms with Crippen LogP contribution in [0, 0.1) is 11.3 Å². The van der Waals surface area contributed by atoms with Gasteiger partial charge in [0, 0.05) is 38.3 Å². The Morgan fingerprint density at radius 1 is 1.11 bits per heavy atom. The highest BCUT2D eigenvalue weighted by molar-refractivity contribution is 7.85. The van der Waals surface area contributed by atoms with E-state index in [0.29, 0.717) is 15.5 Å². The lowest BCUT2D eigenvalue weighted by Crippen LogP contribution is -2.49. The maximum atomic E-state index is 14.4. The van der Waals surface area contributed by atoms with Gasteiger partial charge in [-0.15, -0.1) is 4.21 Å². The van der Waals surface area contributed by atoms with E-state index < -0.39 is 62.4 Å². The molecule has 4 rings (SSSR count). The van der Waals surface area contributed by atoms with Gasteiger partial charge < -0.3 is 14.6 Å². The van der Waals surface area contributed by atoms with Crippen LogP contribution < -0.4 is 11.2 Å².